The molecule has 1 aromatic carbocycles. The van der Waals surface area contributed by atoms with Gasteiger partial charge in [-0.25, -0.2) is 0 Å². The Labute approximate surface area is 104 Å². The van der Waals surface area contributed by atoms with Crippen molar-refractivity contribution in [3.05, 3.63) is 57.5 Å². The van der Waals surface area contributed by atoms with Crippen LogP contribution in [0.2, 0.25) is 0 Å². The molecule has 0 aromatic heterocycles. The van der Waals surface area contributed by atoms with E-state index in [0.717, 1.165) is 32.0 Å². The van der Waals surface area contributed by atoms with E-state index in [1.54, 1.807) is 0 Å². The van der Waals surface area contributed by atoms with Crippen LogP contribution in [0, 0.1) is 0 Å². The van der Waals surface area contributed by atoms with E-state index in [1.165, 1.54) is 0 Å². The van der Waals surface area contributed by atoms with Crippen LogP contribution in [0.25, 0.3) is 0 Å². The molecule has 1 heterocycles. The topological polar surface area (TPSA) is 69.1 Å². The van der Waals surface area contributed by atoms with Gasteiger partial charge in [0.2, 0.25) is 0 Å². The molecular formula is C13H12GeN2O. The molecule has 0 saturated carbocycles. The quantitative estimate of drug-likeness (QED) is 0.680. The van der Waals surface area contributed by atoms with Crippen molar-refractivity contribution in [1.29, 1.82) is 0 Å². The van der Waals surface area contributed by atoms with Crippen LogP contribution >= 0.6 is 0 Å². The number of benzene rings is 1. The first-order chi connectivity index (χ1) is 8.18. The number of rotatable bonds is 0. The van der Waals surface area contributed by atoms with Gasteiger partial charge in [0.15, 0.2) is 0 Å². The molecule has 0 radical (unpaired) electrons. The molecule has 3 nitrogen and oxygen atoms in total. The monoisotopic (exact) mass is 286 g/mol. The van der Waals surface area contributed by atoms with Gasteiger partial charge in [-0.3, -0.25) is 0 Å². The fourth-order valence-corrected chi connectivity index (χ4v) is 5.37. The van der Waals surface area contributed by atoms with Crippen molar-refractivity contribution in [2.45, 2.75) is 6.42 Å². The maximum absolute atomic E-state index is 12.4. The zero-order valence-corrected chi connectivity index (χ0v) is 11.3. The van der Waals surface area contributed by atoms with Gasteiger partial charge < -0.3 is 0 Å². The molecule has 0 unspecified atom stereocenters. The van der Waals surface area contributed by atoms with Gasteiger partial charge in [-0.1, -0.05) is 0 Å². The van der Waals surface area contributed by atoms with Gasteiger partial charge in [-0.15, -0.1) is 0 Å². The van der Waals surface area contributed by atoms with Crippen molar-refractivity contribution in [2.75, 3.05) is 0 Å². The average molecular weight is 285 g/mol. The number of carbonyl (C=O) groups is 1. The Morgan fingerprint density at radius 1 is 1.18 bits per heavy atom. The van der Waals surface area contributed by atoms with Crippen LogP contribution in [0.3, 0.4) is 0 Å². The van der Waals surface area contributed by atoms with Crippen molar-refractivity contribution in [1.82, 2.24) is 0 Å². The Balaban J connectivity index is 2.22. The number of carbonyl (C=O) groups excluding carboxylic acids is 1. The van der Waals surface area contributed by atoms with Crippen molar-refractivity contribution < 1.29 is 4.79 Å². The van der Waals surface area contributed by atoms with E-state index >= 15 is 0 Å². The summed E-state index contributed by atoms with van der Waals surface area (Å²) in [5, 5.41) is 0. The molecule has 0 bridgehead atoms. The molecule has 2 aliphatic rings. The summed E-state index contributed by atoms with van der Waals surface area (Å²) >= 11 is -2.20. The zero-order chi connectivity index (χ0) is 12.0. The van der Waals surface area contributed by atoms with E-state index in [0.29, 0.717) is 0 Å². The van der Waals surface area contributed by atoms with Crippen LogP contribution in [0.15, 0.2) is 46.4 Å². The predicted octanol–water partition coefficient (Wildman–Crippen LogP) is 0.451. The van der Waals surface area contributed by atoms with Crippen molar-refractivity contribution in [2.24, 2.45) is 10.4 Å². The van der Waals surface area contributed by atoms with Gasteiger partial charge in [0.1, 0.15) is 0 Å². The number of nitrogens with two attached hydrogens (primary N) is 2. The molecule has 0 amide bonds. The summed E-state index contributed by atoms with van der Waals surface area (Å²) in [6, 6.07) is 7.73. The third kappa shape index (κ3) is 1.50. The fraction of sp³-hybridized carbons (Fsp3) is 0.0769. The standard InChI is InChI=1S/C13H12GeN2O/c15-11-6-5-9-7-8-3-1-2-4-10(8)13(17)12(9)14(11)16/h1-6H,7,15-16H2. The van der Waals surface area contributed by atoms with Gasteiger partial charge in [0.25, 0.3) is 0 Å². The summed E-state index contributed by atoms with van der Waals surface area (Å²) in [7, 11) is 0. The molecule has 0 saturated heterocycles. The Bertz CT molecular complexity index is 626. The van der Waals surface area contributed by atoms with Crippen molar-refractivity contribution in [3.63, 3.8) is 0 Å². The summed E-state index contributed by atoms with van der Waals surface area (Å²) in [6.45, 7) is 0. The Morgan fingerprint density at radius 3 is 2.76 bits per heavy atom. The second-order valence-corrected chi connectivity index (χ2v) is 8.26. The first kappa shape index (κ1) is 10.5. The Hall–Kier alpha value is -1.62. The Kier molecular flexibility index (Phi) is 2.29. The number of ketones is 1. The second kappa shape index (κ2) is 3.70. The number of hydrogen-bond donors (Lipinski definition) is 2. The van der Waals surface area contributed by atoms with Gasteiger partial charge >= 0.3 is 104 Å². The number of fused-ring (bicyclic) bond motifs is 1. The minimum atomic E-state index is -2.20. The molecule has 0 spiro atoms. The first-order valence-corrected chi connectivity index (χ1v) is 8.79. The normalized spacial score (nSPS) is 18.2. The van der Waals surface area contributed by atoms with Crippen LogP contribution in [-0.2, 0) is 6.42 Å². The van der Waals surface area contributed by atoms with Crippen LogP contribution in [0.5, 0.6) is 0 Å². The first-order valence-electron chi connectivity index (χ1n) is 5.48. The van der Waals surface area contributed by atoms with Gasteiger partial charge in [0, 0.05) is 0 Å². The molecule has 84 valence electrons. The summed E-state index contributed by atoms with van der Waals surface area (Å²) in [5.41, 5.74) is 8.82. The Morgan fingerprint density at radius 2 is 1.94 bits per heavy atom. The summed E-state index contributed by atoms with van der Waals surface area (Å²) in [5.74, 6) is 0.0895. The number of hydrogen-bond acceptors (Lipinski definition) is 3. The van der Waals surface area contributed by atoms with Crippen molar-refractivity contribution >= 4 is 24.4 Å². The SMILES string of the molecule is N[C]1=[Ge]([NH2])[C]2=C(C=C1)Cc1ccccc1C2=O. The van der Waals surface area contributed by atoms with E-state index in [4.69, 9.17) is 10.4 Å². The molecule has 0 atom stereocenters. The molecule has 4 heteroatoms. The van der Waals surface area contributed by atoms with E-state index in [9.17, 15) is 4.79 Å². The molecule has 0 fully saturated rings. The molecule has 3 rings (SSSR count). The molecular weight excluding hydrogens is 273 g/mol. The number of allylic oxidation sites excluding steroid dienone is 3. The van der Waals surface area contributed by atoms with E-state index in [1.807, 2.05) is 36.4 Å². The van der Waals surface area contributed by atoms with Crippen LogP contribution in [0.4, 0.5) is 0 Å². The van der Waals surface area contributed by atoms with Crippen LogP contribution in [0.1, 0.15) is 15.9 Å². The predicted molar refractivity (Wildman–Crippen MR) is 69.8 cm³/mol. The van der Waals surface area contributed by atoms with E-state index in [2.05, 4.69) is 0 Å². The molecule has 1 aliphatic heterocycles. The van der Waals surface area contributed by atoms with Crippen molar-refractivity contribution in [3.8, 4) is 0 Å². The molecule has 17 heavy (non-hydrogen) atoms. The fourth-order valence-electron chi connectivity index (χ4n) is 2.33. The average Bonchev–Trinajstić information content (AvgIpc) is 2.34. The summed E-state index contributed by atoms with van der Waals surface area (Å²) in [6.07, 6.45) is 4.62. The third-order valence-corrected chi connectivity index (χ3v) is 7.17. The molecule has 4 N–H and O–H groups in total. The maximum atomic E-state index is 12.4. The summed E-state index contributed by atoms with van der Waals surface area (Å²) < 4.78 is 7.70. The summed E-state index contributed by atoms with van der Waals surface area (Å²) in [4.78, 5) is 12.4. The molecule has 1 aliphatic carbocycles. The van der Waals surface area contributed by atoms with E-state index < -0.39 is 14.1 Å². The number of Topliss-reactive ketones (excluding diaryl/α,β-unsaturated/α-hetero) is 1. The van der Waals surface area contributed by atoms with Gasteiger partial charge in [-0.05, 0) is 0 Å². The third-order valence-electron chi connectivity index (χ3n) is 3.24. The van der Waals surface area contributed by atoms with Gasteiger partial charge in [-0.2, -0.15) is 0 Å². The zero-order valence-electron chi connectivity index (χ0n) is 9.23. The second-order valence-electron chi connectivity index (χ2n) is 4.27. The van der Waals surface area contributed by atoms with Crippen LogP contribution in [-0.4, -0.2) is 24.4 Å². The molecule has 1 aromatic rings. The van der Waals surface area contributed by atoms with Gasteiger partial charge in [0.05, 0.1) is 0 Å². The van der Waals surface area contributed by atoms with Crippen LogP contribution < -0.4 is 10.4 Å². The van der Waals surface area contributed by atoms with E-state index in [-0.39, 0.29) is 5.78 Å². The minimum absolute atomic E-state index is 0.0895.